The van der Waals surface area contributed by atoms with Crippen LogP contribution in [-0.4, -0.2) is 0 Å². The standard InChI is InChI=1S/3BrO3.Nd/c3*2-1(3)4;/q3*-1;. The third-order valence-electron chi connectivity index (χ3n) is 0. The van der Waals surface area contributed by atoms with Gasteiger partial charge in [-0.05, 0) is 0 Å². The summed E-state index contributed by atoms with van der Waals surface area (Å²) in [5, 5.41) is 0. The number of rotatable bonds is 0. The van der Waals surface area contributed by atoms with E-state index in [9.17, 15) is 0 Å². The molecule has 0 bridgehead atoms. The second kappa shape index (κ2) is 19.9. The van der Waals surface area contributed by atoms with Gasteiger partial charge in [0, 0.05) is 40.8 Å². The van der Waals surface area contributed by atoms with E-state index >= 15 is 0 Å². The number of hydrogen-bond acceptors (Lipinski definition) is 9. The predicted molar refractivity (Wildman–Crippen MR) is 0 cm³/mol. The van der Waals surface area contributed by atoms with Crippen LogP contribution in [0.25, 0.3) is 0 Å². The molecule has 13 heteroatoms. The van der Waals surface area contributed by atoms with E-state index in [0.29, 0.717) is 0 Å². The van der Waals surface area contributed by atoms with Crippen LogP contribution < -0.4 is 37.8 Å². The van der Waals surface area contributed by atoms with E-state index in [2.05, 4.69) is 0 Å². The van der Waals surface area contributed by atoms with Crippen LogP contribution in [-0.2, 0) is 0 Å². The predicted octanol–water partition coefficient (Wildman–Crippen LogP) is -10.7. The Morgan fingerprint density at radius 1 is 0.385 bits per heavy atom. The first-order chi connectivity index (χ1) is 5.20. The third-order valence-corrected chi connectivity index (χ3v) is 0. The Kier molecular flexibility index (Phi) is 37.7. The minimum atomic E-state index is -3.65. The van der Waals surface area contributed by atoms with Crippen LogP contribution in [0.4, 0.5) is 0 Å². The second-order valence-corrected chi connectivity index (χ2v) is 2.95. The van der Waals surface area contributed by atoms with Crippen molar-refractivity contribution in [1.29, 1.82) is 0 Å². The molecule has 0 radical (unpaired) electrons. The molecule has 9 nitrogen and oxygen atoms in total. The molecule has 0 aliphatic heterocycles. The topological polar surface area (TPSA) is 208 Å². The largest absolute Gasteiger partial charge is 0.405 e. The molecule has 0 aromatic rings. The summed E-state index contributed by atoms with van der Waals surface area (Å²) in [5.41, 5.74) is 0. The van der Waals surface area contributed by atoms with Gasteiger partial charge < -0.3 is 37.8 Å². The van der Waals surface area contributed by atoms with Gasteiger partial charge >= 0.3 is 0 Å². The Balaban J connectivity index is -0.0000000450. The first kappa shape index (κ1) is 24.6. The maximum Gasteiger partial charge on any atom is 0.216 e. The van der Waals surface area contributed by atoms with E-state index in [1.807, 2.05) is 0 Å². The van der Waals surface area contributed by atoms with Gasteiger partial charge in [0.2, 0.25) is 44.4 Å². The van der Waals surface area contributed by atoms with E-state index in [-0.39, 0.29) is 40.8 Å². The molecule has 0 aromatic carbocycles. The quantitative estimate of drug-likeness (QED) is 0.292. The van der Waals surface area contributed by atoms with Gasteiger partial charge in [0.25, 0.3) is 0 Å². The molecule has 0 atom stereocenters. The molecule has 13 heavy (non-hydrogen) atoms. The Hall–Kier alpha value is 2.43. The van der Waals surface area contributed by atoms with Gasteiger partial charge in [-0.15, -0.1) is 0 Å². The maximum absolute atomic E-state index is 8.52. The first-order valence-corrected chi connectivity index (χ1v) is 7.22. The summed E-state index contributed by atoms with van der Waals surface area (Å²) in [7, 11) is 0. The number of halogens is 3. The van der Waals surface area contributed by atoms with Crippen molar-refractivity contribution in [3.05, 3.63) is 0 Å². The molecule has 0 heterocycles. The van der Waals surface area contributed by atoms with Gasteiger partial charge in [-0.25, -0.2) is 0 Å². The van der Waals surface area contributed by atoms with E-state index in [1.165, 1.54) is 0 Å². The van der Waals surface area contributed by atoms with Crippen LogP contribution >= 0.6 is 0 Å². The second-order valence-electron chi connectivity index (χ2n) is 0.567. The fourth-order valence-electron chi connectivity index (χ4n) is 0. The maximum atomic E-state index is 8.52. The Morgan fingerprint density at radius 3 is 0.385 bits per heavy atom. The van der Waals surface area contributed by atoms with Crippen molar-refractivity contribution in [3.8, 4) is 0 Å². The Morgan fingerprint density at radius 2 is 0.385 bits per heavy atom. The molecule has 82 valence electrons. The summed E-state index contributed by atoms with van der Waals surface area (Å²) in [6.07, 6.45) is 0. The molecule has 0 saturated heterocycles. The summed E-state index contributed by atoms with van der Waals surface area (Å²) in [6.45, 7) is 0. The van der Waals surface area contributed by atoms with Crippen molar-refractivity contribution >= 4 is 0 Å². The molecular formula is Br3NdO9-3. The smallest absolute Gasteiger partial charge is 0.216 e. The molecule has 0 rings (SSSR count). The van der Waals surface area contributed by atoms with Gasteiger partial charge in [-0.1, -0.05) is 0 Å². The molecule has 0 fully saturated rings. The fourth-order valence-corrected chi connectivity index (χ4v) is 0. The molecule has 0 aliphatic carbocycles. The van der Waals surface area contributed by atoms with Crippen molar-refractivity contribution in [2.75, 3.05) is 0 Å². The Bertz CT molecular complexity index is 43.4. The molecular weight excluding hydrogens is 528 g/mol. The summed E-state index contributed by atoms with van der Waals surface area (Å²) in [4.78, 5) is 0. The Labute approximate surface area is 121 Å². The molecule has 0 saturated carbocycles. The minimum absolute atomic E-state index is 0. The van der Waals surface area contributed by atoms with E-state index in [1.54, 1.807) is 0 Å². The molecule has 0 amide bonds. The van der Waals surface area contributed by atoms with E-state index in [0.717, 1.165) is 0 Å². The van der Waals surface area contributed by atoms with Crippen LogP contribution in [0.2, 0.25) is 0 Å². The normalized spacial score (nSPS) is 8.31. The summed E-state index contributed by atoms with van der Waals surface area (Å²) >= 11 is -10.9. The van der Waals surface area contributed by atoms with Crippen molar-refractivity contribution in [3.63, 3.8) is 0 Å². The molecule has 0 aromatic heterocycles. The average molecular weight is 528 g/mol. The monoisotopic (exact) mass is 523 g/mol. The third kappa shape index (κ3) is 377. The zero-order valence-electron chi connectivity index (χ0n) is 5.31. The summed E-state index contributed by atoms with van der Waals surface area (Å²) in [5.74, 6) is 0. The number of hydrogen-bond donors (Lipinski definition) is 0. The van der Waals surface area contributed by atoms with Crippen LogP contribution in [0.3, 0.4) is 0 Å². The summed E-state index contributed by atoms with van der Waals surface area (Å²) in [6, 6.07) is 0. The fraction of sp³-hybridized carbons (Fsp3) is 0. The zero-order chi connectivity index (χ0) is 10.7. The molecule has 0 spiro atoms. The molecule has 0 N–H and O–H groups in total. The SMILES string of the molecule is [Nd].[O-][Br+2]([O-])[O-].[O-][Br+2]([O-])[O-].[O-][Br+2]([O-])[O-]. The van der Waals surface area contributed by atoms with Gasteiger partial charge in [-0.3, -0.25) is 0 Å². The van der Waals surface area contributed by atoms with E-state index in [4.69, 9.17) is 37.8 Å². The average Bonchev–Trinajstić information content (AvgIpc) is 1.54. The van der Waals surface area contributed by atoms with Crippen LogP contribution in [0.5, 0.6) is 0 Å². The molecule has 0 unspecified atom stereocenters. The van der Waals surface area contributed by atoms with Crippen molar-refractivity contribution < 1.29 is 123 Å². The van der Waals surface area contributed by atoms with Gasteiger partial charge in [-0.2, -0.15) is 0 Å². The zero-order valence-corrected chi connectivity index (χ0v) is 13.3. The van der Waals surface area contributed by atoms with Crippen LogP contribution in [0, 0.1) is 85.3 Å². The van der Waals surface area contributed by atoms with E-state index < -0.39 is 44.4 Å². The van der Waals surface area contributed by atoms with Crippen LogP contribution in [0.15, 0.2) is 0 Å². The van der Waals surface area contributed by atoms with Crippen molar-refractivity contribution in [2.45, 2.75) is 0 Å². The van der Waals surface area contributed by atoms with Crippen molar-refractivity contribution in [1.82, 2.24) is 0 Å². The summed E-state index contributed by atoms with van der Waals surface area (Å²) < 4.78 is 76.7. The van der Waals surface area contributed by atoms with Crippen molar-refractivity contribution in [2.24, 2.45) is 0 Å². The minimum Gasteiger partial charge on any atom is -0.405 e. The first-order valence-electron chi connectivity index (χ1n) is 1.39. The van der Waals surface area contributed by atoms with Crippen LogP contribution in [0.1, 0.15) is 0 Å². The van der Waals surface area contributed by atoms with Gasteiger partial charge in [0.15, 0.2) is 0 Å². The van der Waals surface area contributed by atoms with Gasteiger partial charge in [0.1, 0.15) is 0 Å². The van der Waals surface area contributed by atoms with Gasteiger partial charge in [0.05, 0.1) is 0 Å². The molecule has 0 aliphatic rings.